The lowest BCUT2D eigenvalue weighted by molar-refractivity contribution is -0.136. The largest absolute Gasteiger partial charge is 0.481 e. The third kappa shape index (κ3) is 3.10. The Morgan fingerprint density at radius 1 is 1.24 bits per heavy atom. The molecule has 0 aliphatic rings. The molecule has 0 aliphatic carbocycles. The Hall–Kier alpha value is -2.24. The summed E-state index contributed by atoms with van der Waals surface area (Å²) < 4.78 is 17.8. The number of carboxylic acid groups (broad SMARTS) is 1. The lowest BCUT2D eigenvalue weighted by Gasteiger charge is -1.95. The number of aliphatic carboxylic acids is 1. The van der Waals surface area contributed by atoms with Gasteiger partial charge >= 0.3 is 5.97 Å². The molecule has 0 fully saturated rings. The second-order valence-corrected chi connectivity index (χ2v) is 3.46. The molecular formula is C11H9FN2O3. The van der Waals surface area contributed by atoms with Crippen molar-refractivity contribution in [2.24, 2.45) is 0 Å². The number of benzene rings is 1. The Morgan fingerprint density at radius 2 is 1.88 bits per heavy atom. The zero-order valence-corrected chi connectivity index (χ0v) is 8.76. The molecule has 0 bridgehead atoms. The fourth-order valence-corrected chi connectivity index (χ4v) is 1.34. The molecule has 17 heavy (non-hydrogen) atoms. The SMILES string of the molecule is O=C(O)Cc1nnc(Cc2ccc(F)cc2)o1. The maximum absolute atomic E-state index is 12.7. The summed E-state index contributed by atoms with van der Waals surface area (Å²) in [5.41, 5.74) is 0.817. The molecule has 0 saturated heterocycles. The maximum atomic E-state index is 12.7. The molecule has 1 N–H and O–H groups in total. The molecule has 2 aromatic rings. The van der Waals surface area contributed by atoms with E-state index >= 15 is 0 Å². The minimum absolute atomic E-state index is 0.0645. The standard InChI is InChI=1S/C11H9FN2O3/c12-8-3-1-7(2-4-8)5-9-13-14-10(17-9)6-11(15)16/h1-4H,5-6H2,(H,15,16). The molecule has 0 atom stereocenters. The van der Waals surface area contributed by atoms with E-state index in [2.05, 4.69) is 10.2 Å². The number of carboxylic acids is 1. The van der Waals surface area contributed by atoms with Gasteiger partial charge in [0.15, 0.2) is 0 Å². The van der Waals surface area contributed by atoms with Crippen molar-refractivity contribution in [2.45, 2.75) is 12.8 Å². The van der Waals surface area contributed by atoms with Crippen molar-refractivity contribution < 1.29 is 18.7 Å². The molecule has 88 valence electrons. The van der Waals surface area contributed by atoms with Crippen LogP contribution in [0.25, 0.3) is 0 Å². The van der Waals surface area contributed by atoms with Gasteiger partial charge in [-0.05, 0) is 17.7 Å². The molecule has 6 heteroatoms. The van der Waals surface area contributed by atoms with Gasteiger partial charge in [-0.3, -0.25) is 4.79 Å². The van der Waals surface area contributed by atoms with Gasteiger partial charge < -0.3 is 9.52 Å². The normalized spacial score (nSPS) is 10.4. The van der Waals surface area contributed by atoms with Crippen LogP contribution in [-0.2, 0) is 17.6 Å². The molecule has 0 spiro atoms. The molecule has 0 amide bonds. The molecule has 1 aromatic carbocycles. The van der Waals surface area contributed by atoms with Gasteiger partial charge in [-0.2, -0.15) is 0 Å². The summed E-state index contributed by atoms with van der Waals surface area (Å²) >= 11 is 0. The highest BCUT2D eigenvalue weighted by Gasteiger charge is 2.10. The van der Waals surface area contributed by atoms with Crippen molar-refractivity contribution in [3.63, 3.8) is 0 Å². The molecule has 2 rings (SSSR count). The van der Waals surface area contributed by atoms with Gasteiger partial charge in [-0.15, -0.1) is 10.2 Å². The van der Waals surface area contributed by atoms with Crippen LogP contribution in [0, 0.1) is 5.82 Å². The highest BCUT2D eigenvalue weighted by molar-refractivity contribution is 5.68. The number of rotatable bonds is 4. The molecule has 0 aliphatic heterocycles. The van der Waals surface area contributed by atoms with Crippen LogP contribution >= 0.6 is 0 Å². The maximum Gasteiger partial charge on any atom is 0.312 e. The molecule has 1 aromatic heterocycles. The highest BCUT2D eigenvalue weighted by Crippen LogP contribution is 2.09. The van der Waals surface area contributed by atoms with E-state index in [4.69, 9.17) is 9.52 Å². The van der Waals surface area contributed by atoms with Crippen LogP contribution in [0.3, 0.4) is 0 Å². The van der Waals surface area contributed by atoms with E-state index in [1.54, 1.807) is 12.1 Å². The Balaban J connectivity index is 2.06. The van der Waals surface area contributed by atoms with E-state index in [0.717, 1.165) is 5.56 Å². The molecule has 0 radical (unpaired) electrons. The van der Waals surface area contributed by atoms with Gasteiger partial charge in [0, 0.05) is 0 Å². The predicted molar refractivity (Wildman–Crippen MR) is 54.8 cm³/mol. The van der Waals surface area contributed by atoms with Crippen LogP contribution in [0.2, 0.25) is 0 Å². The van der Waals surface area contributed by atoms with Crippen molar-refractivity contribution in [1.29, 1.82) is 0 Å². The van der Waals surface area contributed by atoms with Gasteiger partial charge in [0.1, 0.15) is 12.2 Å². The van der Waals surface area contributed by atoms with E-state index in [1.807, 2.05) is 0 Å². The first kappa shape index (κ1) is 11.3. The first-order valence-electron chi connectivity index (χ1n) is 4.91. The smallest absolute Gasteiger partial charge is 0.312 e. The molecule has 1 heterocycles. The third-order valence-corrected chi connectivity index (χ3v) is 2.08. The van der Waals surface area contributed by atoms with Gasteiger partial charge in [-0.25, -0.2) is 4.39 Å². The van der Waals surface area contributed by atoms with E-state index in [-0.39, 0.29) is 18.1 Å². The van der Waals surface area contributed by atoms with Crippen molar-refractivity contribution in [3.05, 3.63) is 47.4 Å². The zero-order valence-electron chi connectivity index (χ0n) is 8.76. The lowest BCUT2D eigenvalue weighted by atomic mass is 10.1. The monoisotopic (exact) mass is 236 g/mol. The van der Waals surface area contributed by atoms with Gasteiger partial charge in [0.2, 0.25) is 11.8 Å². The first-order chi connectivity index (χ1) is 8.13. The number of halogens is 1. The highest BCUT2D eigenvalue weighted by atomic mass is 19.1. The Morgan fingerprint density at radius 3 is 2.53 bits per heavy atom. The molecule has 5 nitrogen and oxygen atoms in total. The fourth-order valence-electron chi connectivity index (χ4n) is 1.34. The average Bonchev–Trinajstić information content (AvgIpc) is 2.68. The summed E-state index contributed by atoms with van der Waals surface area (Å²) in [6, 6.07) is 5.89. The number of carbonyl (C=O) groups is 1. The molecule has 0 saturated carbocycles. The van der Waals surface area contributed by atoms with Crippen LogP contribution < -0.4 is 0 Å². The van der Waals surface area contributed by atoms with E-state index in [0.29, 0.717) is 12.3 Å². The Bertz CT molecular complexity index is 522. The number of nitrogens with zero attached hydrogens (tertiary/aromatic N) is 2. The van der Waals surface area contributed by atoms with E-state index in [1.165, 1.54) is 12.1 Å². The van der Waals surface area contributed by atoms with Crippen LogP contribution in [0.5, 0.6) is 0 Å². The lowest BCUT2D eigenvalue weighted by Crippen LogP contribution is -1.99. The van der Waals surface area contributed by atoms with Crippen LogP contribution in [0.1, 0.15) is 17.3 Å². The quantitative estimate of drug-likeness (QED) is 0.868. The first-order valence-corrected chi connectivity index (χ1v) is 4.91. The van der Waals surface area contributed by atoms with E-state index < -0.39 is 5.97 Å². The summed E-state index contributed by atoms with van der Waals surface area (Å²) in [7, 11) is 0. The topological polar surface area (TPSA) is 76.2 Å². The summed E-state index contributed by atoms with van der Waals surface area (Å²) in [6.45, 7) is 0. The zero-order chi connectivity index (χ0) is 12.3. The third-order valence-electron chi connectivity index (χ3n) is 2.08. The summed E-state index contributed by atoms with van der Waals surface area (Å²) in [6.07, 6.45) is 0.0588. The Kier molecular flexibility index (Phi) is 3.13. The van der Waals surface area contributed by atoms with Gasteiger partial charge in [0.05, 0.1) is 6.42 Å². The van der Waals surface area contributed by atoms with Crippen LogP contribution in [0.15, 0.2) is 28.7 Å². The molecular weight excluding hydrogens is 227 g/mol. The second kappa shape index (κ2) is 4.73. The predicted octanol–water partition coefficient (Wildman–Crippen LogP) is 1.43. The Labute approximate surface area is 95.9 Å². The van der Waals surface area contributed by atoms with Crippen molar-refractivity contribution in [1.82, 2.24) is 10.2 Å². The van der Waals surface area contributed by atoms with Crippen LogP contribution in [0.4, 0.5) is 4.39 Å². The molecule has 0 unspecified atom stereocenters. The van der Waals surface area contributed by atoms with Gasteiger partial charge in [0.25, 0.3) is 0 Å². The summed E-state index contributed by atoms with van der Waals surface area (Å²) in [5.74, 6) is -0.963. The average molecular weight is 236 g/mol. The van der Waals surface area contributed by atoms with Gasteiger partial charge in [-0.1, -0.05) is 12.1 Å². The van der Waals surface area contributed by atoms with Crippen molar-refractivity contribution in [3.8, 4) is 0 Å². The number of aromatic nitrogens is 2. The minimum atomic E-state index is -1.03. The second-order valence-electron chi connectivity index (χ2n) is 3.46. The van der Waals surface area contributed by atoms with E-state index in [9.17, 15) is 9.18 Å². The number of hydrogen-bond donors (Lipinski definition) is 1. The summed E-state index contributed by atoms with van der Waals surface area (Å²) in [5, 5.41) is 15.8. The van der Waals surface area contributed by atoms with Crippen molar-refractivity contribution in [2.75, 3.05) is 0 Å². The summed E-state index contributed by atoms with van der Waals surface area (Å²) in [4.78, 5) is 10.4. The minimum Gasteiger partial charge on any atom is -0.481 e. The fraction of sp³-hybridized carbons (Fsp3) is 0.182. The van der Waals surface area contributed by atoms with Crippen molar-refractivity contribution >= 4 is 5.97 Å². The van der Waals surface area contributed by atoms with Crippen LogP contribution in [-0.4, -0.2) is 21.3 Å². The number of hydrogen-bond acceptors (Lipinski definition) is 4.